The molecular formula is C23H20F2N6O3S. The van der Waals surface area contributed by atoms with Crippen LogP contribution in [0.3, 0.4) is 0 Å². The van der Waals surface area contributed by atoms with Crippen molar-refractivity contribution in [1.29, 1.82) is 0 Å². The molecule has 3 heterocycles. The first-order chi connectivity index (χ1) is 16.6. The molecule has 9 nitrogen and oxygen atoms in total. The van der Waals surface area contributed by atoms with Crippen molar-refractivity contribution in [3.05, 3.63) is 77.5 Å². The van der Waals surface area contributed by atoms with E-state index in [9.17, 15) is 17.2 Å². The molecule has 0 saturated heterocycles. The molecule has 12 heteroatoms. The normalized spacial score (nSPS) is 11.3. The maximum Gasteiger partial charge on any atom is 0.321 e. The van der Waals surface area contributed by atoms with Gasteiger partial charge in [0, 0.05) is 29.7 Å². The zero-order valence-corrected chi connectivity index (χ0v) is 19.8. The highest BCUT2D eigenvalue weighted by molar-refractivity contribution is 7.90. The second-order valence-corrected chi connectivity index (χ2v) is 9.51. The molecule has 0 aliphatic rings. The number of hydrogen-bond acceptors (Lipinski definition) is 9. The lowest BCUT2D eigenvalue weighted by molar-refractivity contribution is 0.377. The van der Waals surface area contributed by atoms with Gasteiger partial charge in [-0.3, -0.25) is 4.98 Å². The van der Waals surface area contributed by atoms with E-state index in [1.807, 2.05) is 0 Å². The number of halogens is 2. The molecule has 0 atom stereocenters. The monoisotopic (exact) mass is 498 g/mol. The fraction of sp³-hybridized carbons (Fsp3) is 0.174. The summed E-state index contributed by atoms with van der Waals surface area (Å²) < 4.78 is 58.1. The summed E-state index contributed by atoms with van der Waals surface area (Å²) in [5, 5.41) is 2.98. The summed E-state index contributed by atoms with van der Waals surface area (Å²) in [4.78, 5) is 20.4. The van der Waals surface area contributed by atoms with Gasteiger partial charge < -0.3 is 10.1 Å². The van der Waals surface area contributed by atoms with Gasteiger partial charge in [-0.15, -0.1) is 0 Å². The number of hydrogen-bond donors (Lipinski definition) is 1. The lowest BCUT2D eigenvalue weighted by Crippen LogP contribution is -2.09. The van der Waals surface area contributed by atoms with Gasteiger partial charge in [0.05, 0.1) is 12.9 Å². The first-order valence-corrected chi connectivity index (χ1v) is 11.9. The first kappa shape index (κ1) is 24.1. The van der Waals surface area contributed by atoms with Crippen LogP contribution in [0.15, 0.2) is 53.7 Å². The van der Waals surface area contributed by atoms with Crippen molar-refractivity contribution in [1.82, 2.24) is 24.9 Å². The van der Waals surface area contributed by atoms with Gasteiger partial charge in [-0.2, -0.15) is 15.0 Å². The standard InChI is InChI=1S/C23H20F2N6O3S/c1-13-17(12-35(32,33)20-5-4-18(24)10-19(20)25)8-16(11-27-13)15-6-7-26-21(9-15)30-22-28-14(2)29-23(31-22)34-3/h4-11H,12H2,1-3H3,(H,26,28,29,30,31). The Balaban J connectivity index is 1.63. The van der Waals surface area contributed by atoms with Crippen LogP contribution < -0.4 is 10.1 Å². The fourth-order valence-electron chi connectivity index (χ4n) is 3.29. The molecule has 0 aliphatic carbocycles. The summed E-state index contributed by atoms with van der Waals surface area (Å²) in [5.41, 5.74) is 2.17. The Morgan fingerprint density at radius 1 is 0.971 bits per heavy atom. The SMILES string of the molecule is COc1nc(C)nc(Nc2cc(-c3cnc(C)c(CS(=O)(=O)c4ccc(F)cc4F)c3)ccn2)n1. The first-order valence-electron chi connectivity index (χ1n) is 10.3. The van der Waals surface area contributed by atoms with E-state index >= 15 is 0 Å². The van der Waals surface area contributed by atoms with Gasteiger partial charge in [-0.05, 0) is 55.3 Å². The third-order valence-electron chi connectivity index (χ3n) is 5.01. The van der Waals surface area contributed by atoms with Crippen molar-refractivity contribution < 1.29 is 21.9 Å². The number of benzene rings is 1. The second kappa shape index (κ2) is 9.66. The van der Waals surface area contributed by atoms with Gasteiger partial charge in [-0.25, -0.2) is 22.2 Å². The minimum Gasteiger partial charge on any atom is -0.467 e. The molecule has 4 rings (SSSR count). The molecule has 180 valence electrons. The molecule has 0 radical (unpaired) electrons. The third-order valence-corrected chi connectivity index (χ3v) is 6.70. The molecule has 0 bridgehead atoms. The number of anilines is 2. The highest BCUT2D eigenvalue weighted by Gasteiger charge is 2.22. The highest BCUT2D eigenvalue weighted by Crippen LogP contribution is 2.27. The molecule has 1 aromatic carbocycles. The van der Waals surface area contributed by atoms with Crippen LogP contribution in [0.25, 0.3) is 11.1 Å². The Morgan fingerprint density at radius 2 is 1.77 bits per heavy atom. The zero-order valence-electron chi connectivity index (χ0n) is 19.0. The molecule has 0 saturated carbocycles. The Bertz CT molecular complexity index is 1520. The maximum atomic E-state index is 14.1. The lowest BCUT2D eigenvalue weighted by atomic mass is 10.1. The number of nitrogens with zero attached hydrogens (tertiary/aromatic N) is 5. The topological polar surface area (TPSA) is 120 Å². The van der Waals surface area contributed by atoms with Gasteiger partial charge in [0.1, 0.15) is 28.2 Å². The van der Waals surface area contributed by atoms with E-state index < -0.39 is 32.1 Å². The fourth-order valence-corrected chi connectivity index (χ4v) is 4.78. The predicted molar refractivity (Wildman–Crippen MR) is 124 cm³/mol. The quantitative estimate of drug-likeness (QED) is 0.378. The van der Waals surface area contributed by atoms with E-state index in [0.29, 0.717) is 40.1 Å². The van der Waals surface area contributed by atoms with Crippen LogP contribution >= 0.6 is 0 Å². The highest BCUT2D eigenvalue weighted by atomic mass is 32.2. The molecule has 4 aromatic rings. The number of ether oxygens (including phenoxy) is 1. The summed E-state index contributed by atoms with van der Waals surface area (Å²) in [7, 11) is -2.63. The molecule has 1 N–H and O–H groups in total. The molecular weight excluding hydrogens is 478 g/mol. The summed E-state index contributed by atoms with van der Waals surface area (Å²) in [6, 6.07) is 7.64. The van der Waals surface area contributed by atoms with E-state index in [1.165, 1.54) is 7.11 Å². The third kappa shape index (κ3) is 5.54. The lowest BCUT2D eigenvalue weighted by Gasteiger charge is -2.11. The van der Waals surface area contributed by atoms with Crippen LogP contribution in [0.4, 0.5) is 20.5 Å². The van der Waals surface area contributed by atoms with Crippen molar-refractivity contribution in [2.45, 2.75) is 24.5 Å². The van der Waals surface area contributed by atoms with Gasteiger partial charge in [0.2, 0.25) is 5.95 Å². The van der Waals surface area contributed by atoms with Crippen LogP contribution in [0.5, 0.6) is 6.01 Å². The average Bonchev–Trinajstić information content (AvgIpc) is 2.80. The number of aromatic nitrogens is 5. The summed E-state index contributed by atoms with van der Waals surface area (Å²) in [6.45, 7) is 3.36. The number of methoxy groups -OCH3 is 1. The summed E-state index contributed by atoms with van der Waals surface area (Å²) in [6.07, 6.45) is 3.16. The molecule has 0 unspecified atom stereocenters. The van der Waals surface area contributed by atoms with Crippen molar-refractivity contribution in [3.8, 4) is 17.1 Å². The van der Waals surface area contributed by atoms with Crippen LogP contribution in [0.1, 0.15) is 17.1 Å². The number of sulfone groups is 1. The Hall–Kier alpha value is -4.06. The molecule has 0 fully saturated rings. The predicted octanol–water partition coefficient (Wildman–Crippen LogP) is 3.95. The largest absolute Gasteiger partial charge is 0.467 e. The minimum atomic E-state index is -4.08. The van der Waals surface area contributed by atoms with E-state index in [2.05, 4.69) is 30.2 Å². The maximum absolute atomic E-state index is 14.1. The molecule has 0 amide bonds. The Labute approximate surface area is 200 Å². The van der Waals surface area contributed by atoms with Gasteiger partial charge >= 0.3 is 6.01 Å². The van der Waals surface area contributed by atoms with Crippen LogP contribution in [-0.4, -0.2) is 40.4 Å². The smallest absolute Gasteiger partial charge is 0.321 e. The van der Waals surface area contributed by atoms with Crippen molar-refractivity contribution >= 4 is 21.6 Å². The Morgan fingerprint density at radius 3 is 2.51 bits per heavy atom. The molecule has 35 heavy (non-hydrogen) atoms. The zero-order chi connectivity index (χ0) is 25.2. The van der Waals surface area contributed by atoms with Gasteiger partial charge in [0.25, 0.3) is 0 Å². The van der Waals surface area contributed by atoms with Crippen molar-refractivity contribution in [3.63, 3.8) is 0 Å². The van der Waals surface area contributed by atoms with Crippen molar-refractivity contribution in [2.24, 2.45) is 0 Å². The summed E-state index contributed by atoms with van der Waals surface area (Å²) >= 11 is 0. The van der Waals surface area contributed by atoms with Crippen LogP contribution in [-0.2, 0) is 15.6 Å². The van der Waals surface area contributed by atoms with Crippen molar-refractivity contribution in [2.75, 3.05) is 12.4 Å². The van der Waals surface area contributed by atoms with Crippen LogP contribution in [0, 0.1) is 25.5 Å². The van der Waals surface area contributed by atoms with E-state index in [-0.39, 0.29) is 12.0 Å². The number of pyridine rings is 2. The number of rotatable bonds is 7. The number of aryl methyl sites for hydroxylation is 2. The Kier molecular flexibility index (Phi) is 6.65. The average molecular weight is 499 g/mol. The molecule has 3 aromatic heterocycles. The van der Waals surface area contributed by atoms with E-state index in [1.54, 1.807) is 44.4 Å². The van der Waals surface area contributed by atoms with Gasteiger partial charge in [-0.1, -0.05) is 0 Å². The number of nitrogens with one attached hydrogen (secondary N) is 1. The minimum absolute atomic E-state index is 0.155. The van der Waals surface area contributed by atoms with Crippen LogP contribution in [0.2, 0.25) is 0 Å². The van der Waals surface area contributed by atoms with E-state index in [4.69, 9.17) is 4.74 Å². The second-order valence-electron chi connectivity index (χ2n) is 7.55. The van der Waals surface area contributed by atoms with Gasteiger partial charge in [0.15, 0.2) is 9.84 Å². The summed E-state index contributed by atoms with van der Waals surface area (Å²) in [5.74, 6) is -1.35. The molecule has 0 spiro atoms. The van der Waals surface area contributed by atoms with E-state index in [0.717, 1.165) is 12.1 Å². The molecule has 0 aliphatic heterocycles.